The zero-order valence-electron chi connectivity index (χ0n) is 11.5. The first-order valence-corrected chi connectivity index (χ1v) is 7.58. The molecule has 0 radical (unpaired) electrons. The van der Waals surface area contributed by atoms with Gasteiger partial charge < -0.3 is 10.4 Å². The highest BCUT2D eigenvalue weighted by Crippen LogP contribution is 2.16. The molecule has 2 N–H and O–H groups in total. The Labute approximate surface area is 117 Å². The van der Waals surface area contributed by atoms with Crippen molar-refractivity contribution in [3.05, 3.63) is 29.8 Å². The van der Waals surface area contributed by atoms with Gasteiger partial charge in [-0.3, -0.25) is 9.59 Å². The van der Waals surface area contributed by atoms with Crippen molar-refractivity contribution in [1.82, 2.24) is 5.32 Å². The maximum atomic E-state index is 11.9. The average Bonchev–Trinajstić information content (AvgIpc) is 2.38. The summed E-state index contributed by atoms with van der Waals surface area (Å²) in [5.41, 5.74) is 0.209. The number of nitrogens with one attached hydrogen (secondary N) is 1. The van der Waals surface area contributed by atoms with Crippen LogP contribution in [0, 0.1) is 0 Å². The second-order valence-electron chi connectivity index (χ2n) is 4.65. The lowest BCUT2D eigenvalue weighted by atomic mass is 10.2. The fraction of sp³-hybridized carbons (Fsp3) is 0.385. The third kappa shape index (κ3) is 3.57. The Morgan fingerprint density at radius 1 is 1.10 bits per heavy atom. The molecule has 0 saturated carbocycles. The number of hydrogen-bond donors (Lipinski definition) is 2. The molecule has 1 rings (SSSR count). The second-order valence-corrected chi connectivity index (χ2v) is 7.16. The minimum Gasteiger partial charge on any atom is -0.480 e. The van der Waals surface area contributed by atoms with Crippen LogP contribution in [0.4, 0.5) is 0 Å². The van der Waals surface area contributed by atoms with Gasteiger partial charge in [-0.25, -0.2) is 8.42 Å². The SMILES string of the molecule is CC(NC(=O)c1ccc(S(=O)(=O)C(C)C)cc1)C(=O)O. The van der Waals surface area contributed by atoms with Crippen LogP contribution in [0.15, 0.2) is 29.2 Å². The topological polar surface area (TPSA) is 101 Å². The maximum Gasteiger partial charge on any atom is 0.325 e. The number of hydrogen-bond acceptors (Lipinski definition) is 4. The van der Waals surface area contributed by atoms with Gasteiger partial charge in [0.1, 0.15) is 6.04 Å². The van der Waals surface area contributed by atoms with E-state index in [0.29, 0.717) is 0 Å². The van der Waals surface area contributed by atoms with Crippen LogP contribution in [0.2, 0.25) is 0 Å². The lowest BCUT2D eigenvalue weighted by Gasteiger charge is -2.10. The minimum absolute atomic E-state index is 0.135. The van der Waals surface area contributed by atoms with Crippen LogP contribution in [0.1, 0.15) is 31.1 Å². The molecule has 1 amide bonds. The summed E-state index contributed by atoms with van der Waals surface area (Å²) < 4.78 is 23.8. The third-order valence-corrected chi connectivity index (χ3v) is 4.95. The number of rotatable bonds is 5. The summed E-state index contributed by atoms with van der Waals surface area (Å²) in [5.74, 6) is -1.70. The largest absolute Gasteiger partial charge is 0.480 e. The van der Waals surface area contributed by atoms with Crippen LogP contribution in [0.25, 0.3) is 0 Å². The molecule has 0 saturated heterocycles. The summed E-state index contributed by atoms with van der Waals surface area (Å²) in [4.78, 5) is 22.5. The van der Waals surface area contributed by atoms with E-state index < -0.39 is 33.0 Å². The molecule has 0 fully saturated rings. The molecular formula is C13H17NO5S. The minimum atomic E-state index is -3.38. The van der Waals surface area contributed by atoms with Gasteiger partial charge in [0.15, 0.2) is 9.84 Å². The Morgan fingerprint density at radius 3 is 2.00 bits per heavy atom. The lowest BCUT2D eigenvalue weighted by molar-refractivity contribution is -0.138. The van der Waals surface area contributed by atoms with E-state index in [-0.39, 0.29) is 10.5 Å². The second kappa shape index (κ2) is 6.04. The molecule has 0 bridgehead atoms. The van der Waals surface area contributed by atoms with Crippen molar-refractivity contribution < 1.29 is 23.1 Å². The Bertz CT molecular complexity index is 604. The first kappa shape index (κ1) is 16.2. The van der Waals surface area contributed by atoms with E-state index in [9.17, 15) is 18.0 Å². The molecule has 1 atom stereocenters. The standard InChI is InChI=1S/C13H17NO5S/c1-8(2)20(18,19)11-6-4-10(5-7-11)12(15)14-9(3)13(16)17/h4-9H,1-3H3,(H,14,15)(H,16,17). The Hall–Kier alpha value is -1.89. The summed E-state index contributed by atoms with van der Waals surface area (Å²) in [6.45, 7) is 4.49. The van der Waals surface area contributed by atoms with Crippen LogP contribution in [0.3, 0.4) is 0 Å². The quantitative estimate of drug-likeness (QED) is 0.847. The van der Waals surface area contributed by atoms with Crippen molar-refractivity contribution in [2.75, 3.05) is 0 Å². The number of benzene rings is 1. The van der Waals surface area contributed by atoms with Crippen LogP contribution in [0.5, 0.6) is 0 Å². The molecule has 1 unspecified atom stereocenters. The number of carboxylic acids is 1. The van der Waals surface area contributed by atoms with Crippen molar-refractivity contribution in [3.8, 4) is 0 Å². The molecule has 0 aliphatic rings. The lowest BCUT2D eigenvalue weighted by Crippen LogP contribution is -2.38. The number of carboxylic acid groups (broad SMARTS) is 1. The summed E-state index contributed by atoms with van der Waals surface area (Å²) >= 11 is 0. The molecule has 1 aromatic carbocycles. The molecule has 110 valence electrons. The van der Waals surface area contributed by atoms with Gasteiger partial charge in [0.25, 0.3) is 5.91 Å². The van der Waals surface area contributed by atoms with E-state index in [0.717, 1.165) is 0 Å². The molecule has 1 aromatic rings. The van der Waals surface area contributed by atoms with Crippen molar-refractivity contribution in [2.45, 2.75) is 37.0 Å². The van der Waals surface area contributed by atoms with Gasteiger partial charge in [0.2, 0.25) is 0 Å². The number of amides is 1. The fourth-order valence-electron chi connectivity index (χ4n) is 1.41. The van der Waals surface area contributed by atoms with Crippen LogP contribution >= 0.6 is 0 Å². The molecule has 0 aliphatic heterocycles. The predicted molar refractivity (Wildman–Crippen MR) is 73.3 cm³/mol. The molecule has 0 aliphatic carbocycles. The normalized spacial score (nSPS) is 13.0. The third-order valence-electron chi connectivity index (χ3n) is 2.78. The Kier molecular flexibility index (Phi) is 4.88. The number of sulfone groups is 1. The van der Waals surface area contributed by atoms with Gasteiger partial charge in [-0.2, -0.15) is 0 Å². The molecule has 0 aromatic heterocycles. The average molecular weight is 299 g/mol. The van der Waals surface area contributed by atoms with Crippen LogP contribution in [-0.4, -0.2) is 36.7 Å². The first-order valence-electron chi connectivity index (χ1n) is 6.04. The molecule has 6 nitrogen and oxygen atoms in total. The number of aliphatic carboxylic acids is 1. The highest BCUT2D eigenvalue weighted by atomic mass is 32.2. The fourth-order valence-corrected chi connectivity index (χ4v) is 2.47. The van der Waals surface area contributed by atoms with Crippen molar-refractivity contribution >= 4 is 21.7 Å². The van der Waals surface area contributed by atoms with E-state index in [2.05, 4.69) is 5.32 Å². The van der Waals surface area contributed by atoms with Crippen LogP contribution in [-0.2, 0) is 14.6 Å². The summed E-state index contributed by atoms with van der Waals surface area (Å²) in [6, 6.07) is 4.39. The zero-order chi connectivity index (χ0) is 15.5. The van der Waals surface area contributed by atoms with Gasteiger partial charge >= 0.3 is 5.97 Å². The van der Waals surface area contributed by atoms with E-state index in [1.54, 1.807) is 13.8 Å². The smallest absolute Gasteiger partial charge is 0.325 e. The van der Waals surface area contributed by atoms with Crippen molar-refractivity contribution in [3.63, 3.8) is 0 Å². The van der Waals surface area contributed by atoms with E-state index in [1.807, 2.05) is 0 Å². The summed E-state index contributed by atoms with van der Waals surface area (Å²) in [6.07, 6.45) is 0. The highest BCUT2D eigenvalue weighted by Gasteiger charge is 2.20. The van der Waals surface area contributed by atoms with Gasteiger partial charge in [-0.1, -0.05) is 0 Å². The first-order chi connectivity index (χ1) is 9.16. The number of carbonyl (C=O) groups is 2. The van der Waals surface area contributed by atoms with E-state index >= 15 is 0 Å². The van der Waals surface area contributed by atoms with Gasteiger partial charge in [0.05, 0.1) is 10.1 Å². The molecular weight excluding hydrogens is 282 g/mol. The zero-order valence-corrected chi connectivity index (χ0v) is 12.3. The van der Waals surface area contributed by atoms with Crippen molar-refractivity contribution in [1.29, 1.82) is 0 Å². The summed E-state index contributed by atoms with van der Waals surface area (Å²) in [7, 11) is -3.38. The van der Waals surface area contributed by atoms with Gasteiger partial charge in [0, 0.05) is 5.56 Å². The van der Waals surface area contributed by atoms with E-state index in [1.165, 1.54) is 31.2 Å². The van der Waals surface area contributed by atoms with Gasteiger partial charge in [-0.15, -0.1) is 0 Å². The van der Waals surface area contributed by atoms with Gasteiger partial charge in [-0.05, 0) is 45.0 Å². The maximum absolute atomic E-state index is 11.9. The Balaban J connectivity index is 2.92. The van der Waals surface area contributed by atoms with Crippen molar-refractivity contribution in [2.24, 2.45) is 0 Å². The highest BCUT2D eigenvalue weighted by molar-refractivity contribution is 7.92. The predicted octanol–water partition coefficient (Wildman–Crippen LogP) is 1.07. The van der Waals surface area contributed by atoms with E-state index in [4.69, 9.17) is 5.11 Å². The monoisotopic (exact) mass is 299 g/mol. The molecule has 7 heteroatoms. The van der Waals surface area contributed by atoms with Crippen LogP contribution < -0.4 is 5.32 Å². The summed E-state index contributed by atoms with van der Waals surface area (Å²) in [5, 5.41) is 10.4. The molecule has 20 heavy (non-hydrogen) atoms. The number of carbonyl (C=O) groups excluding carboxylic acids is 1. The Morgan fingerprint density at radius 2 is 1.60 bits per heavy atom. The molecule has 0 heterocycles. The molecule has 0 spiro atoms.